The Morgan fingerprint density at radius 2 is 1.90 bits per heavy atom. The molecule has 0 radical (unpaired) electrons. The second-order valence-corrected chi connectivity index (χ2v) is 5.37. The number of aromatic amines is 1. The predicted molar refractivity (Wildman–Crippen MR) is 78.9 cm³/mol. The lowest BCUT2D eigenvalue weighted by atomic mass is 9.87. The molecule has 1 heterocycles. The molecule has 1 atom stereocenters. The first-order chi connectivity index (χ1) is 9.75. The van der Waals surface area contributed by atoms with E-state index in [1.165, 1.54) is 11.6 Å². The van der Waals surface area contributed by atoms with Crippen LogP contribution in [0.25, 0.3) is 22.2 Å². The summed E-state index contributed by atoms with van der Waals surface area (Å²) >= 11 is 0. The van der Waals surface area contributed by atoms with E-state index in [1.807, 2.05) is 24.3 Å². The van der Waals surface area contributed by atoms with E-state index in [0.29, 0.717) is 5.56 Å². The van der Waals surface area contributed by atoms with Crippen molar-refractivity contribution in [3.05, 3.63) is 59.4 Å². The van der Waals surface area contributed by atoms with Crippen LogP contribution >= 0.6 is 0 Å². The van der Waals surface area contributed by atoms with E-state index in [2.05, 4.69) is 17.1 Å². The Balaban J connectivity index is 2.08. The highest BCUT2D eigenvalue weighted by atomic mass is 19.1. The third-order valence-corrected chi connectivity index (χ3v) is 4.19. The Morgan fingerprint density at radius 3 is 2.70 bits per heavy atom. The molecular formula is C17H15FN2. The van der Waals surface area contributed by atoms with E-state index in [9.17, 15) is 4.39 Å². The van der Waals surface area contributed by atoms with Gasteiger partial charge < -0.3 is 10.7 Å². The molecular weight excluding hydrogens is 251 g/mol. The maximum Gasteiger partial charge on any atom is 0.128 e. The smallest absolute Gasteiger partial charge is 0.128 e. The van der Waals surface area contributed by atoms with E-state index in [-0.39, 0.29) is 11.9 Å². The Bertz CT molecular complexity index is 790. The second kappa shape index (κ2) is 4.18. The Labute approximate surface area is 116 Å². The highest BCUT2D eigenvalue weighted by Crippen LogP contribution is 2.40. The largest absolute Gasteiger partial charge is 0.354 e. The molecule has 1 aromatic heterocycles. The minimum atomic E-state index is -0.203. The fourth-order valence-electron chi connectivity index (χ4n) is 3.27. The Morgan fingerprint density at radius 1 is 1.10 bits per heavy atom. The van der Waals surface area contributed by atoms with Gasteiger partial charge in [-0.05, 0) is 36.1 Å². The standard InChI is InChI=1S/C17H15FN2/c18-12-7-9-14-15-11(6-8-13(19)16(12)15)17(20-14)10-4-2-1-3-5-10/h1-5,7,9,13,20H,6,8,19H2. The number of nitrogens with one attached hydrogen (secondary N) is 1. The lowest BCUT2D eigenvalue weighted by molar-refractivity contribution is 0.561. The molecule has 0 amide bonds. The van der Waals surface area contributed by atoms with Crippen molar-refractivity contribution in [2.45, 2.75) is 18.9 Å². The van der Waals surface area contributed by atoms with E-state index in [1.54, 1.807) is 0 Å². The van der Waals surface area contributed by atoms with E-state index >= 15 is 0 Å². The summed E-state index contributed by atoms with van der Waals surface area (Å²) in [5.41, 5.74) is 11.2. The molecule has 0 aliphatic heterocycles. The summed E-state index contributed by atoms with van der Waals surface area (Å²) in [6.07, 6.45) is 1.68. The number of H-pyrrole nitrogens is 1. The van der Waals surface area contributed by atoms with Crippen molar-refractivity contribution in [1.29, 1.82) is 0 Å². The first-order valence-corrected chi connectivity index (χ1v) is 6.89. The molecule has 1 unspecified atom stereocenters. The maximum atomic E-state index is 14.1. The molecule has 0 bridgehead atoms. The molecule has 1 aliphatic rings. The van der Waals surface area contributed by atoms with Crippen molar-refractivity contribution in [2.24, 2.45) is 5.73 Å². The average Bonchev–Trinajstić information content (AvgIpc) is 2.85. The van der Waals surface area contributed by atoms with Gasteiger partial charge in [0.25, 0.3) is 0 Å². The quantitative estimate of drug-likeness (QED) is 0.688. The number of hydrogen-bond donors (Lipinski definition) is 2. The normalized spacial score (nSPS) is 17.6. The van der Waals surface area contributed by atoms with Gasteiger partial charge in [0, 0.05) is 28.2 Å². The zero-order chi connectivity index (χ0) is 13.7. The van der Waals surface area contributed by atoms with Gasteiger partial charge >= 0.3 is 0 Å². The summed E-state index contributed by atoms with van der Waals surface area (Å²) in [6.45, 7) is 0. The van der Waals surface area contributed by atoms with Gasteiger partial charge in [-0.2, -0.15) is 0 Å². The zero-order valence-corrected chi connectivity index (χ0v) is 11.0. The molecule has 1 aliphatic carbocycles. The molecule has 0 saturated carbocycles. The lowest BCUT2D eigenvalue weighted by Crippen LogP contribution is -2.17. The Hall–Kier alpha value is -2.13. The van der Waals surface area contributed by atoms with Crippen molar-refractivity contribution in [3.63, 3.8) is 0 Å². The van der Waals surface area contributed by atoms with Gasteiger partial charge in [-0.3, -0.25) is 0 Å². The number of nitrogens with two attached hydrogens (primary N) is 1. The first kappa shape index (κ1) is 11.7. The fraction of sp³-hybridized carbons (Fsp3) is 0.176. The van der Waals surface area contributed by atoms with Crippen molar-refractivity contribution in [2.75, 3.05) is 0 Å². The molecule has 0 spiro atoms. The van der Waals surface area contributed by atoms with Crippen LogP contribution in [0, 0.1) is 5.82 Å². The molecule has 4 rings (SSSR count). The van der Waals surface area contributed by atoms with Crippen molar-refractivity contribution < 1.29 is 4.39 Å². The van der Waals surface area contributed by atoms with Gasteiger partial charge in [0.1, 0.15) is 5.82 Å². The van der Waals surface area contributed by atoms with E-state index < -0.39 is 0 Å². The van der Waals surface area contributed by atoms with Gasteiger partial charge in [0.05, 0.1) is 0 Å². The van der Waals surface area contributed by atoms with Crippen LogP contribution < -0.4 is 5.73 Å². The molecule has 20 heavy (non-hydrogen) atoms. The molecule has 100 valence electrons. The first-order valence-electron chi connectivity index (χ1n) is 6.89. The lowest BCUT2D eigenvalue weighted by Gasteiger charge is -2.20. The van der Waals surface area contributed by atoms with Crippen molar-refractivity contribution >= 4 is 10.9 Å². The predicted octanol–water partition coefficient (Wildman–Crippen LogP) is 3.92. The maximum absolute atomic E-state index is 14.1. The van der Waals surface area contributed by atoms with Crippen LogP contribution in [0.3, 0.4) is 0 Å². The van der Waals surface area contributed by atoms with Crippen LogP contribution in [0.4, 0.5) is 4.39 Å². The third kappa shape index (κ3) is 1.53. The van der Waals surface area contributed by atoms with Crippen molar-refractivity contribution in [1.82, 2.24) is 4.98 Å². The van der Waals surface area contributed by atoms with Crippen LogP contribution in [0.2, 0.25) is 0 Å². The summed E-state index contributed by atoms with van der Waals surface area (Å²) in [6, 6.07) is 13.3. The zero-order valence-electron chi connectivity index (χ0n) is 11.0. The van der Waals surface area contributed by atoms with Gasteiger partial charge in [-0.15, -0.1) is 0 Å². The molecule has 2 nitrogen and oxygen atoms in total. The van der Waals surface area contributed by atoms with Gasteiger partial charge in [0.2, 0.25) is 0 Å². The number of benzene rings is 2. The number of aromatic nitrogens is 1. The number of rotatable bonds is 1. The fourth-order valence-corrected chi connectivity index (χ4v) is 3.27. The number of halogens is 1. The molecule has 2 aromatic carbocycles. The minimum absolute atomic E-state index is 0.190. The highest BCUT2D eigenvalue weighted by molar-refractivity contribution is 5.94. The summed E-state index contributed by atoms with van der Waals surface area (Å²) in [4.78, 5) is 3.44. The topological polar surface area (TPSA) is 41.8 Å². The molecule has 3 aromatic rings. The second-order valence-electron chi connectivity index (χ2n) is 5.37. The number of aryl methyl sites for hydroxylation is 1. The summed E-state index contributed by atoms with van der Waals surface area (Å²) in [5, 5.41) is 0.989. The van der Waals surface area contributed by atoms with Crippen LogP contribution in [-0.4, -0.2) is 4.98 Å². The van der Waals surface area contributed by atoms with Crippen molar-refractivity contribution in [3.8, 4) is 11.3 Å². The van der Waals surface area contributed by atoms with Gasteiger partial charge in [0.15, 0.2) is 0 Å². The SMILES string of the molecule is NC1CCc2c(-c3ccccc3)[nH]c3ccc(F)c1c23. The summed E-state index contributed by atoms with van der Waals surface area (Å²) < 4.78 is 14.1. The average molecular weight is 266 g/mol. The van der Waals surface area contributed by atoms with Crippen LogP contribution in [0.15, 0.2) is 42.5 Å². The molecule has 3 N–H and O–H groups in total. The minimum Gasteiger partial charge on any atom is -0.354 e. The van der Waals surface area contributed by atoms with Gasteiger partial charge in [-0.25, -0.2) is 4.39 Å². The Kier molecular flexibility index (Phi) is 2.44. The number of hydrogen-bond acceptors (Lipinski definition) is 1. The summed E-state index contributed by atoms with van der Waals surface area (Å²) in [5.74, 6) is -0.190. The van der Waals surface area contributed by atoms with Gasteiger partial charge in [-0.1, -0.05) is 30.3 Å². The molecule has 0 fully saturated rings. The third-order valence-electron chi connectivity index (χ3n) is 4.19. The van der Waals surface area contributed by atoms with Crippen LogP contribution in [-0.2, 0) is 6.42 Å². The summed E-state index contributed by atoms with van der Waals surface area (Å²) in [7, 11) is 0. The monoisotopic (exact) mass is 266 g/mol. The van der Waals surface area contributed by atoms with E-state index in [4.69, 9.17) is 5.73 Å². The van der Waals surface area contributed by atoms with E-state index in [0.717, 1.165) is 35.0 Å². The van der Waals surface area contributed by atoms with Crippen LogP contribution in [0.5, 0.6) is 0 Å². The molecule has 0 saturated heterocycles. The molecule has 3 heteroatoms. The van der Waals surface area contributed by atoms with Crippen LogP contribution in [0.1, 0.15) is 23.6 Å². The highest BCUT2D eigenvalue weighted by Gasteiger charge is 2.26.